The van der Waals surface area contributed by atoms with Crippen molar-refractivity contribution in [3.8, 4) is 0 Å². The zero-order valence-corrected chi connectivity index (χ0v) is 7.59. The molecule has 0 aliphatic carbocycles. The number of hydrogen-bond donors (Lipinski definition) is 0. The van der Waals surface area contributed by atoms with Crippen molar-refractivity contribution in [3.63, 3.8) is 0 Å². The Balaban J connectivity index is 2.58. The molecule has 2 heteroatoms. The van der Waals surface area contributed by atoms with E-state index in [0.29, 0.717) is 0 Å². The fourth-order valence-corrected chi connectivity index (χ4v) is 1.25. The lowest BCUT2D eigenvalue weighted by atomic mass is 10.2. The lowest BCUT2D eigenvalue weighted by molar-refractivity contribution is 0.441. The highest BCUT2D eigenvalue weighted by Gasteiger charge is 2.08. The van der Waals surface area contributed by atoms with E-state index in [9.17, 15) is 0 Å². The van der Waals surface area contributed by atoms with Crippen LogP contribution in [0.5, 0.6) is 0 Å². The second-order valence-electron chi connectivity index (χ2n) is 3.07. The highest BCUT2D eigenvalue weighted by atomic mass is 15.2. The summed E-state index contributed by atoms with van der Waals surface area (Å²) in [4.78, 5) is 6.61. The second-order valence-corrected chi connectivity index (χ2v) is 3.07. The summed E-state index contributed by atoms with van der Waals surface area (Å²) in [5.74, 6) is 1.15. The summed E-state index contributed by atoms with van der Waals surface area (Å²) in [5, 5.41) is 0. The third kappa shape index (κ3) is 2.07. The summed E-state index contributed by atoms with van der Waals surface area (Å²) >= 11 is 0. The van der Waals surface area contributed by atoms with Crippen molar-refractivity contribution in [2.24, 2.45) is 4.99 Å². The molecule has 0 unspecified atom stereocenters. The maximum Gasteiger partial charge on any atom is 0.101 e. The lowest BCUT2D eigenvalue weighted by Gasteiger charge is -2.26. The van der Waals surface area contributed by atoms with E-state index in [2.05, 4.69) is 30.7 Å². The van der Waals surface area contributed by atoms with Crippen LogP contribution in [0.2, 0.25) is 0 Å². The molecule has 0 N–H and O–H groups in total. The van der Waals surface area contributed by atoms with Gasteiger partial charge in [-0.3, -0.25) is 0 Å². The standard InChI is InChI=1S/C9H16N2/c1-4-5-11-7-8(2)6-10-9(11)3/h6H,4-5,7H2,1-3H3. The molecule has 11 heavy (non-hydrogen) atoms. The molecule has 0 radical (unpaired) electrons. The fraction of sp³-hybridized carbons (Fsp3) is 0.667. The molecule has 1 aliphatic heterocycles. The van der Waals surface area contributed by atoms with Gasteiger partial charge in [-0.25, -0.2) is 4.99 Å². The molecule has 1 aliphatic rings. The van der Waals surface area contributed by atoms with E-state index in [1.54, 1.807) is 0 Å². The molecule has 1 heterocycles. The Morgan fingerprint density at radius 3 is 2.91 bits per heavy atom. The molecule has 0 aromatic rings. The molecular weight excluding hydrogens is 136 g/mol. The normalized spacial score (nSPS) is 17.9. The van der Waals surface area contributed by atoms with E-state index < -0.39 is 0 Å². The minimum atomic E-state index is 1.06. The average molecular weight is 152 g/mol. The zero-order valence-electron chi connectivity index (χ0n) is 7.59. The molecular formula is C9H16N2. The van der Waals surface area contributed by atoms with Crippen LogP contribution in [0, 0.1) is 0 Å². The fourth-order valence-electron chi connectivity index (χ4n) is 1.25. The summed E-state index contributed by atoms with van der Waals surface area (Å²) < 4.78 is 0. The highest BCUT2D eigenvalue weighted by molar-refractivity contribution is 5.81. The number of aliphatic imine (C=N–C) groups is 1. The topological polar surface area (TPSA) is 15.6 Å². The highest BCUT2D eigenvalue weighted by Crippen LogP contribution is 2.07. The minimum Gasteiger partial charge on any atom is -0.356 e. The average Bonchev–Trinajstić information content (AvgIpc) is 1.98. The molecule has 0 bridgehead atoms. The van der Waals surface area contributed by atoms with Crippen LogP contribution in [0.15, 0.2) is 16.8 Å². The van der Waals surface area contributed by atoms with Gasteiger partial charge in [0, 0.05) is 19.3 Å². The minimum absolute atomic E-state index is 1.06. The van der Waals surface area contributed by atoms with Gasteiger partial charge in [0.05, 0.1) is 0 Å². The Morgan fingerprint density at radius 1 is 1.55 bits per heavy atom. The van der Waals surface area contributed by atoms with Crippen molar-refractivity contribution in [3.05, 3.63) is 11.8 Å². The van der Waals surface area contributed by atoms with Crippen LogP contribution in [0.4, 0.5) is 0 Å². The van der Waals surface area contributed by atoms with E-state index in [1.807, 2.05) is 6.20 Å². The van der Waals surface area contributed by atoms with Gasteiger partial charge in [0.25, 0.3) is 0 Å². The first-order valence-corrected chi connectivity index (χ1v) is 4.19. The number of amidine groups is 1. The summed E-state index contributed by atoms with van der Waals surface area (Å²) in [5.41, 5.74) is 1.35. The maximum absolute atomic E-state index is 4.29. The Morgan fingerprint density at radius 2 is 2.27 bits per heavy atom. The maximum atomic E-state index is 4.29. The van der Waals surface area contributed by atoms with Crippen LogP contribution < -0.4 is 0 Å². The first-order valence-electron chi connectivity index (χ1n) is 4.19. The largest absolute Gasteiger partial charge is 0.356 e. The van der Waals surface area contributed by atoms with Gasteiger partial charge >= 0.3 is 0 Å². The molecule has 0 saturated heterocycles. The monoisotopic (exact) mass is 152 g/mol. The van der Waals surface area contributed by atoms with Gasteiger partial charge in [-0.15, -0.1) is 0 Å². The van der Waals surface area contributed by atoms with E-state index in [1.165, 1.54) is 12.0 Å². The third-order valence-corrected chi connectivity index (χ3v) is 1.86. The first kappa shape index (κ1) is 8.31. The molecule has 0 saturated carbocycles. The van der Waals surface area contributed by atoms with Crippen molar-refractivity contribution < 1.29 is 0 Å². The van der Waals surface area contributed by atoms with Crippen molar-refractivity contribution in [2.45, 2.75) is 27.2 Å². The van der Waals surface area contributed by atoms with E-state index in [0.717, 1.165) is 18.9 Å². The predicted molar refractivity (Wildman–Crippen MR) is 48.7 cm³/mol. The Kier molecular flexibility index (Phi) is 2.69. The van der Waals surface area contributed by atoms with Gasteiger partial charge in [-0.2, -0.15) is 0 Å². The summed E-state index contributed by atoms with van der Waals surface area (Å²) in [6.45, 7) is 8.57. The van der Waals surface area contributed by atoms with Crippen molar-refractivity contribution in [1.82, 2.24) is 4.90 Å². The molecule has 62 valence electrons. The Bertz CT molecular complexity index is 192. The van der Waals surface area contributed by atoms with Crippen LogP contribution in [0.1, 0.15) is 27.2 Å². The summed E-state index contributed by atoms with van der Waals surface area (Å²) in [6.07, 6.45) is 3.15. The van der Waals surface area contributed by atoms with Crippen LogP contribution in [-0.2, 0) is 0 Å². The molecule has 0 amide bonds. The third-order valence-electron chi connectivity index (χ3n) is 1.86. The van der Waals surface area contributed by atoms with Gasteiger partial charge in [0.1, 0.15) is 5.84 Å². The predicted octanol–water partition coefficient (Wildman–Crippen LogP) is 2.03. The summed E-state index contributed by atoms with van der Waals surface area (Å²) in [7, 11) is 0. The van der Waals surface area contributed by atoms with Crippen molar-refractivity contribution in [1.29, 1.82) is 0 Å². The molecule has 2 nitrogen and oxygen atoms in total. The van der Waals surface area contributed by atoms with Crippen LogP contribution in [0.3, 0.4) is 0 Å². The summed E-state index contributed by atoms with van der Waals surface area (Å²) in [6, 6.07) is 0. The van der Waals surface area contributed by atoms with E-state index >= 15 is 0 Å². The van der Waals surface area contributed by atoms with Gasteiger partial charge < -0.3 is 4.90 Å². The second kappa shape index (κ2) is 3.56. The van der Waals surface area contributed by atoms with E-state index in [-0.39, 0.29) is 0 Å². The van der Waals surface area contributed by atoms with Crippen molar-refractivity contribution >= 4 is 5.84 Å². The Labute approximate surface area is 68.6 Å². The van der Waals surface area contributed by atoms with Gasteiger partial charge in [0.2, 0.25) is 0 Å². The van der Waals surface area contributed by atoms with E-state index in [4.69, 9.17) is 0 Å². The quantitative estimate of drug-likeness (QED) is 0.591. The number of hydrogen-bond acceptors (Lipinski definition) is 2. The molecule has 0 aromatic carbocycles. The van der Waals surface area contributed by atoms with Crippen molar-refractivity contribution in [2.75, 3.05) is 13.1 Å². The van der Waals surface area contributed by atoms with Crippen LogP contribution in [0.25, 0.3) is 0 Å². The zero-order chi connectivity index (χ0) is 8.27. The first-order chi connectivity index (χ1) is 5.24. The van der Waals surface area contributed by atoms with Crippen LogP contribution in [-0.4, -0.2) is 23.8 Å². The van der Waals surface area contributed by atoms with Gasteiger partial charge in [-0.1, -0.05) is 6.92 Å². The Hall–Kier alpha value is -0.790. The molecule has 0 fully saturated rings. The molecule has 0 atom stereocenters. The number of rotatable bonds is 2. The molecule has 0 aromatic heterocycles. The van der Waals surface area contributed by atoms with Gasteiger partial charge in [0.15, 0.2) is 0 Å². The smallest absolute Gasteiger partial charge is 0.101 e. The molecule has 0 spiro atoms. The molecule has 1 rings (SSSR count). The van der Waals surface area contributed by atoms with Gasteiger partial charge in [-0.05, 0) is 25.8 Å². The van der Waals surface area contributed by atoms with Crippen LogP contribution >= 0.6 is 0 Å². The lowest BCUT2D eigenvalue weighted by Crippen LogP contribution is -2.32. The SMILES string of the molecule is CCCN1CC(C)=CN=C1C. The number of nitrogens with zero attached hydrogens (tertiary/aromatic N) is 2.